The average molecular weight is 334 g/mol. The van der Waals surface area contributed by atoms with Crippen LogP contribution in [0.2, 0.25) is 0 Å². The second-order valence-electron chi connectivity index (χ2n) is 6.60. The van der Waals surface area contributed by atoms with E-state index < -0.39 is 0 Å². The molecule has 0 radical (unpaired) electrons. The summed E-state index contributed by atoms with van der Waals surface area (Å²) in [4.78, 5) is 23.6. The lowest BCUT2D eigenvalue weighted by Crippen LogP contribution is -2.10. The normalized spacial score (nSPS) is 11.0. The summed E-state index contributed by atoms with van der Waals surface area (Å²) in [6.07, 6.45) is 1.96. The summed E-state index contributed by atoms with van der Waals surface area (Å²) in [5, 5.41) is 3.85. The number of anilines is 1. The van der Waals surface area contributed by atoms with Crippen LogP contribution in [-0.4, -0.2) is 16.3 Å². The Hall–Kier alpha value is -2.88. The summed E-state index contributed by atoms with van der Waals surface area (Å²) >= 11 is 0. The van der Waals surface area contributed by atoms with Gasteiger partial charge in [0.05, 0.1) is 6.54 Å². The SMILES string of the molecule is CC(=O)Nc1ccc(C(=O)Cn2ccc3cc(C(C)C)ccc32)cc1. The van der Waals surface area contributed by atoms with Gasteiger partial charge in [0.1, 0.15) is 0 Å². The molecule has 0 saturated carbocycles. The molecule has 1 heterocycles. The monoisotopic (exact) mass is 334 g/mol. The number of fused-ring (bicyclic) bond motifs is 1. The lowest BCUT2D eigenvalue weighted by molar-refractivity contribution is -0.114. The third kappa shape index (κ3) is 3.79. The lowest BCUT2D eigenvalue weighted by atomic mass is 10.0. The Labute approximate surface area is 147 Å². The van der Waals surface area contributed by atoms with Crippen molar-refractivity contribution in [2.24, 2.45) is 0 Å². The fraction of sp³-hybridized carbons (Fsp3) is 0.238. The second-order valence-corrected chi connectivity index (χ2v) is 6.60. The highest BCUT2D eigenvalue weighted by atomic mass is 16.1. The molecular weight excluding hydrogens is 312 g/mol. The van der Waals surface area contributed by atoms with Crippen LogP contribution < -0.4 is 5.32 Å². The molecule has 4 nitrogen and oxygen atoms in total. The zero-order chi connectivity index (χ0) is 18.0. The molecule has 1 amide bonds. The van der Waals surface area contributed by atoms with E-state index in [2.05, 4.69) is 37.4 Å². The molecule has 0 saturated heterocycles. The number of benzene rings is 2. The second kappa shape index (κ2) is 6.93. The van der Waals surface area contributed by atoms with Crippen molar-refractivity contribution >= 4 is 28.3 Å². The van der Waals surface area contributed by atoms with Gasteiger partial charge in [0, 0.05) is 29.9 Å². The molecule has 1 N–H and O–H groups in total. The third-order valence-corrected chi connectivity index (χ3v) is 4.30. The largest absolute Gasteiger partial charge is 0.340 e. The van der Waals surface area contributed by atoms with Crippen LogP contribution in [0.1, 0.15) is 42.6 Å². The number of hydrogen-bond donors (Lipinski definition) is 1. The van der Waals surface area contributed by atoms with Crippen molar-refractivity contribution in [1.29, 1.82) is 0 Å². The molecule has 1 aromatic heterocycles. The van der Waals surface area contributed by atoms with E-state index in [1.165, 1.54) is 12.5 Å². The summed E-state index contributed by atoms with van der Waals surface area (Å²) in [7, 11) is 0. The van der Waals surface area contributed by atoms with Gasteiger partial charge in [0.25, 0.3) is 0 Å². The van der Waals surface area contributed by atoms with Crippen LogP contribution in [-0.2, 0) is 11.3 Å². The predicted octanol–water partition coefficient (Wildman–Crippen LogP) is 4.61. The van der Waals surface area contributed by atoms with Crippen LogP contribution >= 0.6 is 0 Å². The van der Waals surface area contributed by atoms with E-state index in [9.17, 15) is 9.59 Å². The molecule has 0 spiro atoms. The van der Waals surface area contributed by atoms with Gasteiger partial charge in [-0.15, -0.1) is 0 Å². The fourth-order valence-electron chi connectivity index (χ4n) is 2.90. The molecule has 0 bridgehead atoms. The molecule has 0 unspecified atom stereocenters. The number of nitrogens with one attached hydrogen (secondary N) is 1. The molecule has 4 heteroatoms. The Balaban J connectivity index is 1.78. The number of ketones is 1. The third-order valence-electron chi connectivity index (χ3n) is 4.30. The smallest absolute Gasteiger partial charge is 0.221 e. The minimum absolute atomic E-state index is 0.0415. The Morgan fingerprint density at radius 1 is 1.04 bits per heavy atom. The number of carbonyl (C=O) groups excluding carboxylic acids is 2. The molecule has 0 atom stereocenters. The van der Waals surface area contributed by atoms with Crippen molar-refractivity contribution in [1.82, 2.24) is 4.57 Å². The predicted molar refractivity (Wildman–Crippen MR) is 101 cm³/mol. The molecule has 3 rings (SSSR count). The first-order valence-corrected chi connectivity index (χ1v) is 8.43. The molecule has 2 aromatic carbocycles. The van der Waals surface area contributed by atoms with E-state index in [1.54, 1.807) is 24.3 Å². The van der Waals surface area contributed by atoms with Crippen molar-refractivity contribution in [3.05, 3.63) is 65.9 Å². The summed E-state index contributed by atoms with van der Waals surface area (Å²) in [6.45, 7) is 6.10. The van der Waals surface area contributed by atoms with E-state index >= 15 is 0 Å². The molecule has 3 aromatic rings. The minimum atomic E-state index is -0.126. The zero-order valence-corrected chi connectivity index (χ0v) is 14.7. The molecule has 128 valence electrons. The van der Waals surface area contributed by atoms with Crippen molar-refractivity contribution in [3.8, 4) is 0 Å². The lowest BCUT2D eigenvalue weighted by Gasteiger charge is -2.08. The van der Waals surface area contributed by atoms with Gasteiger partial charge in [0.2, 0.25) is 5.91 Å². The quantitative estimate of drug-likeness (QED) is 0.693. The molecule has 0 aliphatic carbocycles. The van der Waals surface area contributed by atoms with Crippen LogP contribution in [0.4, 0.5) is 5.69 Å². The van der Waals surface area contributed by atoms with E-state index in [0.717, 1.165) is 10.9 Å². The Bertz CT molecular complexity index is 921. The minimum Gasteiger partial charge on any atom is -0.340 e. The van der Waals surface area contributed by atoms with Gasteiger partial charge in [-0.05, 0) is 59.3 Å². The highest BCUT2D eigenvalue weighted by molar-refractivity contribution is 5.97. The number of amides is 1. The van der Waals surface area contributed by atoms with Crippen LogP contribution in [0.3, 0.4) is 0 Å². The average Bonchev–Trinajstić information content (AvgIpc) is 2.97. The molecule has 0 aliphatic rings. The van der Waals surface area contributed by atoms with Gasteiger partial charge in [-0.3, -0.25) is 9.59 Å². The first kappa shape index (κ1) is 17.0. The van der Waals surface area contributed by atoms with E-state index in [1.807, 2.05) is 16.8 Å². The van der Waals surface area contributed by atoms with Gasteiger partial charge >= 0.3 is 0 Å². The van der Waals surface area contributed by atoms with E-state index in [0.29, 0.717) is 23.7 Å². The number of aromatic nitrogens is 1. The highest BCUT2D eigenvalue weighted by Crippen LogP contribution is 2.23. The number of nitrogens with zero attached hydrogens (tertiary/aromatic N) is 1. The van der Waals surface area contributed by atoms with Crippen LogP contribution in [0.15, 0.2) is 54.7 Å². The first-order valence-electron chi connectivity index (χ1n) is 8.43. The zero-order valence-electron chi connectivity index (χ0n) is 14.7. The van der Waals surface area contributed by atoms with Crippen molar-refractivity contribution in [3.63, 3.8) is 0 Å². The molecular formula is C21H22N2O2. The van der Waals surface area contributed by atoms with E-state index in [4.69, 9.17) is 0 Å². The van der Waals surface area contributed by atoms with Crippen molar-refractivity contribution < 1.29 is 9.59 Å². The summed E-state index contributed by atoms with van der Waals surface area (Å²) in [5.74, 6) is 0.398. The number of carbonyl (C=O) groups is 2. The Morgan fingerprint density at radius 2 is 1.76 bits per heavy atom. The first-order chi connectivity index (χ1) is 11.9. The molecule has 0 fully saturated rings. The van der Waals surface area contributed by atoms with Crippen LogP contribution in [0.25, 0.3) is 10.9 Å². The summed E-state index contributed by atoms with van der Waals surface area (Å²) < 4.78 is 1.98. The standard InChI is InChI=1S/C21H22N2O2/c1-14(2)17-6-9-20-18(12-17)10-11-23(20)13-21(25)16-4-7-19(8-5-16)22-15(3)24/h4-12,14H,13H2,1-3H3,(H,22,24). The fourth-order valence-corrected chi connectivity index (χ4v) is 2.90. The molecule has 0 aliphatic heterocycles. The van der Waals surface area contributed by atoms with Gasteiger partial charge in [0.15, 0.2) is 5.78 Å². The summed E-state index contributed by atoms with van der Waals surface area (Å²) in [5.41, 5.74) is 3.68. The maximum absolute atomic E-state index is 12.6. The maximum atomic E-state index is 12.6. The highest BCUT2D eigenvalue weighted by Gasteiger charge is 2.10. The summed E-state index contributed by atoms with van der Waals surface area (Å²) in [6, 6.07) is 15.4. The van der Waals surface area contributed by atoms with Gasteiger partial charge in [-0.25, -0.2) is 0 Å². The van der Waals surface area contributed by atoms with E-state index in [-0.39, 0.29) is 11.7 Å². The van der Waals surface area contributed by atoms with Crippen molar-refractivity contribution in [2.75, 3.05) is 5.32 Å². The van der Waals surface area contributed by atoms with Gasteiger partial charge in [-0.1, -0.05) is 19.9 Å². The Kier molecular flexibility index (Phi) is 4.70. The Morgan fingerprint density at radius 3 is 2.40 bits per heavy atom. The number of hydrogen-bond acceptors (Lipinski definition) is 2. The topological polar surface area (TPSA) is 51.1 Å². The van der Waals surface area contributed by atoms with Gasteiger partial charge in [-0.2, -0.15) is 0 Å². The van der Waals surface area contributed by atoms with Crippen LogP contribution in [0, 0.1) is 0 Å². The number of Topliss-reactive ketones (excluding diaryl/α,β-unsaturated/α-hetero) is 1. The maximum Gasteiger partial charge on any atom is 0.221 e. The molecule has 25 heavy (non-hydrogen) atoms. The van der Waals surface area contributed by atoms with Gasteiger partial charge < -0.3 is 9.88 Å². The van der Waals surface area contributed by atoms with Crippen molar-refractivity contribution in [2.45, 2.75) is 33.2 Å². The van der Waals surface area contributed by atoms with Crippen LogP contribution in [0.5, 0.6) is 0 Å². The number of rotatable bonds is 5.